The van der Waals surface area contributed by atoms with Crippen molar-refractivity contribution >= 4 is 22.8 Å². The number of benzene rings is 3. The first-order chi connectivity index (χ1) is 18.3. The zero-order valence-corrected chi connectivity index (χ0v) is 22.6. The third-order valence-corrected chi connectivity index (χ3v) is 7.29. The number of hydrogen-bond acceptors (Lipinski definition) is 5. The predicted molar refractivity (Wildman–Crippen MR) is 152 cm³/mol. The van der Waals surface area contributed by atoms with Gasteiger partial charge < -0.3 is 9.64 Å². The van der Waals surface area contributed by atoms with Gasteiger partial charge in [0.05, 0.1) is 29.9 Å². The number of nitrogens with zero attached hydrogens (tertiary/aromatic N) is 4. The summed E-state index contributed by atoms with van der Waals surface area (Å²) < 4.78 is 22.0. The molecule has 4 aromatic rings. The summed E-state index contributed by atoms with van der Waals surface area (Å²) >= 11 is 0. The minimum Gasteiger partial charge on any atom is -0.496 e. The number of ether oxygens (including phenoxy) is 1. The van der Waals surface area contributed by atoms with Crippen molar-refractivity contribution in [2.75, 3.05) is 25.1 Å². The summed E-state index contributed by atoms with van der Waals surface area (Å²) in [6.45, 7) is 9.83. The van der Waals surface area contributed by atoms with Crippen molar-refractivity contribution in [3.63, 3.8) is 0 Å². The number of aromatic nitrogens is 2. The molecule has 1 aliphatic rings. The molecule has 1 aliphatic heterocycles. The van der Waals surface area contributed by atoms with Crippen LogP contribution in [-0.2, 0) is 0 Å². The van der Waals surface area contributed by atoms with Crippen molar-refractivity contribution in [2.45, 2.75) is 46.5 Å². The smallest absolute Gasteiger partial charge is 0.282 e. The lowest BCUT2D eigenvalue weighted by atomic mass is 9.96. The summed E-state index contributed by atoms with van der Waals surface area (Å²) in [5.41, 5.74) is 5.16. The van der Waals surface area contributed by atoms with Crippen LogP contribution in [0.2, 0.25) is 0 Å². The number of aryl methyl sites for hydroxylation is 2. The van der Waals surface area contributed by atoms with Gasteiger partial charge in [-0.2, -0.15) is 9.78 Å². The first kappa shape index (κ1) is 25.6. The van der Waals surface area contributed by atoms with Crippen molar-refractivity contribution in [2.24, 2.45) is 5.10 Å². The van der Waals surface area contributed by atoms with E-state index >= 15 is 4.39 Å². The Balaban J connectivity index is 1.68. The molecule has 196 valence electrons. The fourth-order valence-electron chi connectivity index (χ4n) is 5.11. The molecule has 0 amide bonds. The average Bonchev–Trinajstić information content (AvgIpc) is 3.44. The van der Waals surface area contributed by atoms with Gasteiger partial charge in [0.25, 0.3) is 5.56 Å². The molecule has 0 aliphatic carbocycles. The van der Waals surface area contributed by atoms with Crippen LogP contribution < -0.4 is 15.2 Å². The van der Waals surface area contributed by atoms with Crippen molar-refractivity contribution in [3.8, 4) is 17.1 Å². The highest BCUT2D eigenvalue weighted by Crippen LogP contribution is 2.34. The van der Waals surface area contributed by atoms with E-state index in [2.05, 4.69) is 23.8 Å². The second-order valence-corrected chi connectivity index (χ2v) is 10.2. The lowest BCUT2D eigenvalue weighted by Gasteiger charge is -2.19. The van der Waals surface area contributed by atoms with Gasteiger partial charge in [-0.05, 0) is 85.7 Å². The molecule has 0 saturated carbocycles. The molecule has 38 heavy (non-hydrogen) atoms. The van der Waals surface area contributed by atoms with Crippen molar-refractivity contribution < 1.29 is 9.13 Å². The maximum atomic E-state index is 15.1. The minimum atomic E-state index is -0.282. The number of halogens is 1. The SMILES string of the molecule is COc1cc(C)c(-c2nc3ccccc3c(=O)n2N=Cc2cc(F)c(N3CCCC3)cc2C)cc1C(C)C. The molecular formula is C31H33FN4O2. The summed E-state index contributed by atoms with van der Waals surface area (Å²) in [6.07, 6.45) is 3.70. The van der Waals surface area contributed by atoms with E-state index < -0.39 is 0 Å². The van der Waals surface area contributed by atoms with Crippen LogP contribution in [0.4, 0.5) is 10.1 Å². The number of methoxy groups -OCH3 is 1. The molecule has 3 aromatic carbocycles. The molecule has 0 radical (unpaired) electrons. The van der Waals surface area contributed by atoms with Crippen molar-refractivity contribution in [1.29, 1.82) is 0 Å². The zero-order valence-electron chi connectivity index (χ0n) is 22.6. The van der Waals surface area contributed by atoms with Gasteiger partial charge in [0.2, 0.25) is 0 Å². The average molecular weight is 513 g/mol. The molecule has 7 heteroatoms. The quantitative estimate of drug-likeness (QED) is 0.279. The molecule has 5 rings (SSSR count). The molecule has 0 N–H and O–H groups in total. The standard InChI is InChI=1S/C31H33FN4O2/c1-19(2)24-17-25(21(4)15-29(24)38-5)30-34-27-11-7-6-10-23(27)31(37)36(30)33-18-22-16-26(32)28(14-20(22)3)35-12-8-9-13-35/h6-7,10-11,14-19H,8-9,12-13H2,1-5H3. The Morgan fingerprint density at radius 1 is 1.05 bits per heavy atom. The second-order valence-electron chi connectivity index (χ2n) is 10.2. The van der Waals surface area contributed by atoms with Gasteiger partial charge in [-0.15, -0.1) is 0 Å². The lowest BCUT2D eigenvalue weighted by molar-refractivity contribution is 0.407. The molecular weight excluding hydrogens is 479 g/mol. The summed E-state index contributed by atoms with van der Waals surface area (Å²) in [5.74, 6) is 1.14. The van der Waals surface area contributed by atoms with Gasteiger partial charge in [0, 0.05) is 24.2 Å². The zero-order chi connectivity index (χ0) is 27.0. The van der Waals surface area contributed by atoms with Gasteiger partial charge in [0.15, 0.2) is 5.82 Å². The summed E-state index contributed by atoms with van der Waals surface area (Å²) in [6, 6.07) is 14.6. The lowest BCUT2D eigenvalue weighted by Crippen LogP contribution is -2.21. The molecule has 0 unspecified atom stereocenters. The van der Waals surface area contributed by atoms with Gasteiger partial charge in [-0.25, -0.2) is 9.37 Å². The second kappa shape index (κ2) is 10.4. The third-order valence-electron chi connectivity index (χ3n) is 7.29. The van der Waals surface area contributed by atoms with Gasteiger partial charge >= 0.3 is 0 Å². The largest absolute Gasteiger partial charge is 0.496 e. The number of rotatable bonds is 6. The van der Waals surface area contributed by atoms with E-state index in [0.717, 1.165) is 53.9 Å². The number of anilines is 1. The monoisotopic (exact) mass is 512 g/mol. The summed E-state index contributed by atoms with van der Waals surface area (Å²) in [5, 5.41) is 5.06. The van der Waals surface area contributed by atoms with Crippen LogP contribution in [0.3, 0.4) is 0 Å². The fourth-order valence-corrected chi connectivity index (χ4v) is 5.11. The molecule has 6 nitrogen and oxygen atoms in total. The number of hydrogen-bond donors (Lipinski definition) is 0. The maximum absolute atomic E-state index is 15.1. The Kier molecular flexibility index (Phi) is 7.02. The molecule has 2 heterocycles. The number of para-hydroxylation sites is 1. The molecule has 1 aromatic heterocycles. The molecule has 1 fully saturated rings. The predicted octanol–water partition coefficient (Wildman–Crippen LogP) is 6.43. The summed E-state index contributed by atoms with van der Waals surface area (Å²) in [4.78, 5) is 20.6. The molecule has 1 saturated heterocycles. The van der Waals surface area contributed by atoms with Gasteiger partial charge in [-0.1, -0.05) is 26.0 Å². The van der Waals surface area contributed by atoms with E-state index in [1.54, 1.807) is 19.4 Å². The Labute approximate surface area is 222 Å². The van der Waals surface area contributed by atoms with Crippen LogP contribution in [0.1, 0.15) is 54.9 Å². The third kappa shape index (κ3) is 4.69. The van der Waals surface area contributed by atoms with Crippen molar-refractivity contribution in [1.82, 2.24) is 9.66 Å². The fraction of sp³-hybridized carbons (Fsp3) is 0.323. The normalized spacial score (nSPS) is 13.8. The van der Waals surface area contributed by atoms with E-state index in [1.165, 1.54) is 10.7 Å². The van der Waals surface area contributed by atoms with Gasteiger partial charge in [0.1, 0.15) is 11.6 Å². The van der Waals surface area contributed by atoms with E-state index in [4.69, 9.17) is 9.72 Å². The van der Waals surface area contributed by atoms with Crippen LogP contribution in [0, 0.1) is 19.7 Å². The molecule has 0 spiro atoms. The van der Waals surface area contributed by atoms with Crippen LogP contribution in [0.5, 0.6) is 5.75 Å². The Bertz CT molecular complexity index is 1600. The van der Waals surface area contributed by atoms with Crippen LogP contribution >= 0.6 is 0 Å². The van der Waals surface area contributed by atoms with E-state index in [0.29, 0.717) is 28.0 Å². The first-order valence-electron chi connectivity index (χ1n) is 13.1. The highest BCUT2D eigenvalue weighted by atomic mass is 19.1. The Morgan fingerprint density at radius 3 is 2.50 bits per heavy atom. The number of fused-ring (bicyclic) bond motifs is 1. The minimum absolute atomic E-state index is 0.202. The topological polar surface area (TPSA) is 59.7 Å². The maximum Gasteiger partial charge on any atom is 0.282 e. The highest BCUT2D eigenvalue weighted by Gasteiger charge is 2.20. The van der Waals surface area contributed by atoms with E-state index in [1.807, 2.05) is 50.2 Å². The van der Waals surface area contributed by atoms with Crippen LogP contribution in [0.15, 0.2) is 58.4 Å². The Hall–Kier alpha value is -4.00. The van der Waals surface area contributed by atoms with Gasteiger partial charge in [-0.3, -0.25) is 4.79 Å². The van der Waals surface area contributed by atoms with E-state index in [9.17, 15) is 4.79 Å². The Morgan fingerprint density at radius 2 is 1.79 bits per heavy atom. The first-order valence-corrected chi connectivity index (χ1v) is 13.1. The summed E-state index contributed by atoms with van der Waals surface area (Å²) in [7, 11) is 1.66. The highest BCUT2D eigenvalue weighted by molar-refractivity contribution is 5.84. The van der Waals surface area contributed by atoms with Crippen molar-refractivity contribution in [3.05, 3.63) is 87.0 Å². The molecule has 0 bridgehead atoms. The van der Waals surface area contributed by atoms with Crippen LogP contribution in [0.25, 0.3) is 22.3 Å². The molecule has 0 atom stereocenters. The van der Waals surface area contributed by atoms with Crippen LogP contribution in [-0.4, -0.2) is 36.1 Å². The van der Waals surface area contributed by atoms with E-state index in [-0.39, 0.29) is 17.3 Å².